The average Bonchev–Trinajstić information content (AvgIpc) is 2.89. The number of hydrogen-bond acceptors (Lipinski definition) is 2. The summed E-state index contributed by atoms with van der Waals surface area (Å²) in [4.78, 5) is 0. The maximum atomic E-state index is 10.1. The summed E-state index contributed by atoms with van der Waals surface area (Å²) >= 11 is 0. The van der Waals surface area contributed by atoms with E-state index in [9.17, 15) is 5.11 Å². The minimum atomic E-state index is -0.343. The van der Waals surface area contributed by atoms with Crippen molar-refractivity contribution >= 4 is 0 Å². The molecule has 0 fully saturated rings. The van der Waals surface area contributed by atoms with Crippen molar-refractivity contribution < 1.29 is 9.59 Å². The highest BCUT2D eigenvalue weighted by Crippen LogP contribution is 2.25. The number of aliphatic hydroxyl groups is 1. The van der Waals surface area contributed by atoms with E-state index in [-0.39, 0.29) is 6.23 Å². The van der Waals surface area contributed by atoms with Gasteiger partial charge in [0.1, 0.15) is 6.20 Å². The maximum absolute atomic E-state index is 10.1. The molecule has 3 heteroatoms. The molecule has 0 saturated carbocycles. The van der Waals surface area contributed by atoms with Gasteiger partial charge < -0.3 is 10.4 Å². The van der Waals surface area contributed by atoms with E-state index in [0.717, 1.165) is 13.0 Å². The van der Waals surface area contributed by atoms with Crippen LogP contribution in [0.2, 0.25) is 0 Å². The molecule has 3 unspecified atom stereocenters. The first-order valence-electron chi connectivity index (χ1n) is 8.81. The molecule has 1 heterocycles. The molecule has 0 radical (unpaired) electrons. The van der Waals surface area contributed by atoms with Gasteiger partial charge in [0.25, 0.3) is 0 Å². The van der Waals surface area contributed by atoms with Crippen molar-refractivity contribution in [1.29, 1.82) is 0 Å². The monoisotopic (exact) mass is 295 g/mol. The van der Waals surface area contributed by atoms with Crippen molar-refractivity contribution in [2.75, 3.05) is 6.54 Å². The smallest absolute Gasteiger partial charge is 0.193 e. The number of rotatable bonds is 11. The predicted octanol–water partition coefficient (Wildman–Crippen LogP) is 4.26. The van der Waals surface area contributed by atoms with Crippen LogP contribution in [0.3, 0.4) is 0 Å². The first-order chi connectivity index (χ1) is 10.2. The first kappa shape index (κ1) is 18.2. The second kappa shape index (κ2) is 10.0. The van der Waals surface area contributed by atoms with Crippen LogP contribution in [0.5, 0.6) is 0 Å². The number of nitrogens with one attached hydrogen (secondary N) is 1. The molecule has 122 valence electrons. The summed E-state index contributed by atoms with van der Waals surface area (Å²) < 4.78 is 0.660. The van der Waals surface area contributed by atoms with Gasteiger partial charge in [-0.2, -0.15) is 0 Å². The zero-order valence-corrected chi connectivity index (χ0v) is 14.2. The number of nitrogens with zero attached hydrogens (tertiary/aromatic N) is 1. The van der Waals surface area contributed by atoms with Crippen LogP contribution in [-0.4, -0.2) is 28.5 Å². The Morgan fingerprint density at radius 1 is 1.14 bits per heavy atom. The van der Waals surface area contributed by atoms with Gasteiger partial charge in [0.2, 0.25) is 0 Å². The van der Waals surface area contributed by atoms with Crippen LogP contribution in [0.25, 0.3) is 0 Å². The molecule has 1 rings (SSSR count). The number of quaternary nitrogens is 1. The van der Waals surface area contributed by atoms with Gasteiger partial charge in [-0.1, -0.05) is 31.9 Å². The minimum Gasteiger partial charge on any atom is -0.345 e. The number of hydrogen-bond donors (Lipinski definition) is 2. The Kier molecular flexibility index (Phi) is 8.70. The number of unbranched alkanes of at least 4 members (excludes halogenated alkanes) is 5. The highest BCUT2D eigenvalue weighted by Gasteiger charge is 2.40. The summed E-state index contributed by atoms with van der Waals surface area (Å²) in [6.45, 7) is 7.23. The largest absolute Gasteiger partial charge is 0.345 e. The van der Waals surface area contributed by atoms with Gasteiger partial charge in [-0.25, -0.2) is 0 Å². The topological polar surface area (TPSA) is 32.3 Å². The van der Waals surface area contributed by atoms with Gasteiger partial charge in [-0.15, -0.1) is 0 Å². The predicted molar refractivity (Wildman–Crippen MR) is 90.3 cm³/mol. The zero-order valence-electron chi connectivity index (χ0n) is 14.2. The lowest BCUT2D eigenvalue weighted by Crippen LogP contribution is -2.57. The number of allylic oxidation sites excluding steroid dienone is 2. The molecule has 21 heavy (non-hydrogen) atoms. The highest BCUT2D eigenvalue weighted by atomic mass is 16.3. The lowest BCUT2D eigenvalue weighted by atomic mass is 10.1. The van der Waals surface area contributed by atoms with Gasteiger partial charge in [-0.05, 0) is 39.0 Å². The Hall–Kier alpha value is -0.800. The fraction of sp³-hybridized carbons (Fsp3) is 0.778. The quantitative estimate of drug-likeness (QED) is 0.339. The zero-order chi connectivity index (χ0) is 15.6. The van der Waals surface area contributed by atoms with Crippen molar-refractivity contribution in [2.24, 2.45) is 0 Å². The van der Waals surface area contributed by atoms with Crippen LogP contribution in [0, 0.1) is 0 Å². The summed E-state index contributed by atoms with van der Waals surface area (Å²) in [5.74, 6) is 0. The Balaban J connectivity index is 2.18. The molecule has 2 N–H and O–H groups in total. The van der Waals surface area contributed by atoms with Gasteiger partial charge in [0, 0.05) is 13.3 Å². The SMILES string of the molecule is CCCCC/C=C/CCCCC1NC=C[N+]1(CC)C(C)O. The van der Waals surface area contributed by atoms with E-state index in [1.54, 1.807) is 0 Å². The van der Waals surface area contributed by atoms with Crippen molar-refractivity contribution in [3.8, 4) is 0 Å². The van der Waals surface area contributed by atoms with Crippen LogP contribution >= 0.6 is 0 Å². The fourth-order valence-corrected chi connectivity index (χ4v) is 3.18. The second-order valence-corrected chi connectivity index (χ2v) is 6.19. The summed E-state index contributed by atoms with van der Waals surface area (Å²) in [6.07, 6.45) is 18.8. The van der Waals surface area contributed by atoms with Gasteiger partial charge >= 0.3 is 0 Å². The van der Waals surface area contributed by atoms with Crippen LogP contribution in [0.15, 0.2) is 24.6 Å². The van der Waals surface area contributed by atoms with Gasteiger partial charge in [-0.3, -0.25) is 4.48 Å². The molecule has 0 aliphatic carbocycles. The van der Waals surface area contributed by atoms with Crippen LogP contribution in [-0.2, 0) is 0 Å². The molecule has 0 amide bonds. The molecule has 3 atom stereocenters. The average molecular weight is 295 g/mol. The third kappa shape index (κ3) is 5.48. The summed E-state index contributed by atoms with van der Waals surface area (Å²) in [5, 5.41) is 13.5. The highest BCUT2D eigenvalue weighted by molar-refractivity contribution is 4.85. The Labute approximate surface area is 131 Å². The first-order valence-corrected chi connectivity index (χ1v) is 8.81. The Bertz CT molecular complexity index is 325. The van der Waals surface area contributed by atoms with Crippen LogP contribution in [0.1, 0.15) is 72.1 Å². The van der Waals surface area contributed by atoms with Gasteiger partial charge in [0.05, 0.1) is 12.7 Å². The third-order valence-corrected chi connectivity index (χ3v) is 4.70. The summed E-state index contributed by atoms with van der Waals surface area (Å²) in [6, 6.07) is 0. The molecule has 0 aromatic carbocycles. The molecule has 0 saturated heterocycles. The minimum absolute atomic E-state index is 0.337. The van der Waals surface area contributed by atoms with Crippen LogP contribution in [0.4, 0.5) is 0 Å². The van der Waals surface area contributed by atoms with E-state index >= 15 is 0 Å². The maximum Gasteiger partial charge on any atom is 0.193 e. The normalized spacial score (nSPS) is 26.4. The molecule has 1 aliphatic heterocycles. The van der Waals surface area contributed by atoms with E-state index < -0.39 is 0 Å². The van der Waals surface area contributed by atoms with Crippen molar-refractivity contribution in [2.45, 2.75) is 84.5 Å². The van der Waals surface area contributed by atoms with Crippen LogP contribution < -0.4 is 5.32 Å². The van der Waals surface area contributed by atoms with Crippen molar-refractivity contribution in [1.82, 2.24) is 5.32 Å². The molecule has 1 aliphatic rings. The molecule has 3 nitrogen and oxygen atoms in total. The molecule has 0 aromatic rings. The Morgan fingerprint density at radius 3 is 2.38 bits per heavy atom. The van der Waals surface area contributed by atoms with Gasteiger partial charge in [0.15, 0.2) is 12.4 Å². The lowest BCUT2D eigenvalue weighted by molar-refractivity contribution is -0.942. The number of aliphatic hydroxyl groups excluding tert-OH is 1. The fourth-order valence-electron chi connectivity index (χ4n) is 3.18. The molecule has 0 aromatic heterocycles. The Morgan fingerprint density at radius 2 is 1.81 bits per heavy atom. The molecular formula is C18H35N2O+. The van der Waals surface area contributed by atoms with Crippen molar-refractivity contribution in [3.63, 3.8) is 0 Å². The van der Waals surface area contributed by atoms with E-state index in [1.165, 1.54) is 44.9 Å². The standard InChI is InChI=1S/C18H35N2O/c1-4-6-7-8-9-10-11-12-13-14-18-19-15-16-20(18,5-2)17(3)21/h9-10,15-19,21H,4-8,11-14H2,1-3H3/q+1/b10-9+. The summed E-state index contributed by atoms with van der Waals surface area (Å²) in [7, 11) is 0. The molecule has 0 bridgehead atoms. The van der Waals surface area contributed by atoms with E-state index in [2.05, 4.69) is 37.5 Å². The second-order valence-electron chi connectivity index (χ2n) is 6.19. The molecular weight excluding hydrogens is 260 g/mol. The van der Waals surface area contributed by atoms with E-state index in [1.807, 2.05) is 13.1 Å². The summed E-state index contributed by atoms with van der Waals surface area (Å²) in [5.41, 5.74) is 0. The third-order valence-electron chi connectivity index (χ3n) is 4.70. The lowest BCUT2D eigenvalue weighted by Gasteiger charge is -2.39. The molecule has 0 spiro atoms. The van der Waals surface area contributed by atoms with E-state index in [0.29, 0.717) is 10.6 Å². The van der Waals surface area contributed by atoms with Crippen molar-refractivity contribution in [3.05, 3.63) is 24.6 Å². The van der Waals surface area contributed by atoms with E-state index in [4.69, 9.17) is 0 Å².